The van der Waals surface area contributed by atoms with Crippen molar-refractivity contribution in [3.63, 3.8) is 0 Å². The third-order valence-electron chi connectivity index (χ3n) is 7.46. The minimum absolute atomic E-state index is 0.0267. The van der Waals surface area contributed by atoms with Gasteiger partial charge < -0.3 is 20.7 Å². The Morgan fingerprint density at radius 2 is 1.41 bits per heavy atom. The summed E-state index contributed by atoms with van der Waals surface area (Å²) in [6.45, 7) is 1.20. The summed E-state index contributed by atoms with van der Waals surface area (Å²) in [5, 5.41) is 7.96. The van der Waals surface area contributed by atoms with Crippen LogP contribution in [0.5, 0.6) is 5.75 Å². The molecular formula is C35H35F3N4O6S. The monoisotopic (exact) mass is 696 g/mol. The Morgan fingerprint density at radius 3 is 2.04 bits per heavy atom. The number of carbonyl (C=O) groups excluding carboxylic acids is 3. The van der Waals surface area contributed by atoms with Gasteiger partial charge in [-0.3, -0.25) is 9.59 Å². The molecule has 0 bridgehead atoms. The molecule has 0 aliphatic rings. The third-order valence-corrected chi connectivity index (χ3v) is 8.39. The average Bonchev–Trinajstić information content (AvgIpc) is 3.08. The summed E-state index contributed by atoms with van der Waals surface area (Å²) < 4.78 is 65.2. The maximum absolute atomic E-state index is 13.6. The van der Waals surface area contributed by atoms with Crippen molar-refractivity contribution in [2.24, 2.45) is 10.9 Å². The molecule has 5 N–H and O–H groups in total. The van der Waals surface area contributed by atoms with E-state index in [1.807, 2.05) is 30.3 Å². The molecule has 0 aromatic heterocycles. The zero-order valence-corrected chi connectivity index (χ0v) is 27.1. The second-order valence-electron chi connectivity index (χ2n) is 11.1. The topological polar surface area (TPSA) is 162 Å². The van der Waals surface area contributed by atoms with Crippen LogP contribution >= 0.6 is 0 Å². The van der Waals surface area contributed by atoms with Gasteiger partial charge in [-0.05, 0) is 83.1 Å². The second-order valence-corrected chi connectivity index (χ2v) is 12.7. The number of carbonyl (C=O) groups is 3. The lowest BCUT2D eigenvalue weighted by Crippen LogP contribution is -2.32. The van der Waals surface area contributed by atoms with Crippen LogP contribution in [0, 0.1) is 0 Å². The number of primary sulfonamides is 1. The highest BCUT2D eigenvalue weighted by atomic mass is 32.2. The molecule has 0 spiro atoms. The van der Waals surface area contributed by atoms with Crippen molar-refractivity contribution in [1.29, 1.82) is 0 Å². The number of nitrogens with two attached hydrogens (primary N) is 2. The van der Waals surface area contributed by atoms with Gasteiger partial charge in [-0.25, -0.2) is 18.4 Å². The molecule has 0 aliphatic heterocycles. The highest BCUT2D eigenvalue weighted by Gasteiger charge is 2.41. The minimum atomic E-state index is -5.12. The largest absolute Gasteiger partial charge is 0.491 e. The first-order valence-electron chi connectivity index (χ1n) is 15.2. The van der Waals surface area contributed by atoms with Crippen molar-refractivity contribution in [1.82, 2.24) is 10.2 Å². The standard InChI is InChI=1S/C35H35F3N4O6S/c36-35(37,38)34(45)48-30-12-7-24(8-13-30)11-16-32(43)42(20-17-25-9-14-31(15-10-25)49(40,46)47)23-26-3-1-4-27(21-26)28-5-2-6-29(22-28)33(44)41-19-18-39/h1-10,12-15,21-22H,11,16-20,23,39H2,(H,41,44)(H2,40,46,47). The number of hydrogen-bond acceptors (Lipinski definition) is 7. The van der Waals surface area contributed by atoms with Gasteiger partial charge >= 0.3 is 12.1 Å². The number of rotatable bonds is 14. The zero-order chi connectivity index (χ0) is 35.6. The van der Waals surface area contributed by atoms with Gasteiger partial charge in [0.2, 0.25) is 15.9 Å². The van der Waals surface area contributed by atoms with Gasteiger partial charge in [0.05, 0.1) is 4.90 Å². The molecule has 4 aromatic rings. The molecular weight excluding hydrogens is 661 g/mol. The molecule has 10 nitrogen and oxygen atoms in total. The highest BCUT2D eigenvalue weighted by molar-refractivity contribution is 7.89. The Hall–Kier alpha value is -5.05. The number of nitrogens with zero attached hydrogens (tertiary/aromatic N) is 1. The molecule has 4 rings (SSSR count). The predicted molar refractivity (Wildman–Crippen MR) is 177 cm³/mol. The summed E-state index contributed by atoms with van der Waals surface area (Å²) >= 11 is 0. The van der Waals surface area contributed by atoms with Gasteiger partial charge in [-0.2, -0.15) is 13.2 Å². The molecule has 2 amide bonds. The van der Waals surface area contributed by atoms with Crippen molar-refractivity contribution in [3.05, 3.63) is 119 Å². The maximum Gasteiger partial charge on any atom is 0.491 e. The average molecular weight is 697 g/mol. The first-order valence-corrected chi connectivity index (χ1v) is 16.7. The molecule has 4 aromatic carbocycles. The van der Waals surface area contributed by atoms with Crippen LogP contribution in [0.2, 0.25) is 0 Å². The SMILES string of the molecule is NCCNC(=O)c1cccc(-c2cccc(CN(CCc3ccc(S(N)(=O)=O)cc3)C(=O)CCc3ccc(OC(=O)C(F)(F)F)cc3)c2)c1. The van der Waals surface area contributed by atoms with E-state index in [2.05, 4.69) is 10.1 Å². The Labute approximate surface area is 281 Å². The van der Waals surface area contributed by atoms with Gasteiger partial charge in [0.25, 0.3) is 5.91 Å². The van der Waals surface area contributed by atoms with Crippen LogP contribution in [-0.4, -0.2) is 56.9 Å². The first-order chi connectivity index (χ1) is 23.2. The normalized spacial score (nSPS) is 11.5. The van der Waals surface area contributed by atoms with E-state index in [1.54, 1.807) is 35.2 Å². The van der Waals surface area contributed by atoms with E-state index >= 15 is 0 Å². The first kappa shape index (κ1) is 36.8. The molecule has 0 heterocycles. The lowest BCUT2D eigenvalue weighted by molar-refractivity contribution is -0.189. The smallest absolute Gasteiger partial charge is 0.420 e. The fourth-order valence-electron chi connectivity index (χ4n) is 4.90. The molecule has 49 heavy (non-hydrogen) atoms. The lowest BCUT2D eigenvalue weighted by atomic mass is 10.0. The summed E-state index contributed by atoms with van der Waals surface area (Å²) in [6.07, 6.45) is -4.37. The van der Waals surface area contributed by atoms with E-state index in [-0.39, 0.29) is 41.8 Å². The van der Waals surface area contributed by atoms with Gasteiger partial charge in [-0.15, -0.1) is 0 Å². The van der Waals surface area contributed by atoms with E-state index in [0.717, 1.165) is 22.3 Å². The lowest BCUT2D eigenvalue weighted by Gasteiger charge is -2.24. The minimum Gasteiger partial charge on any atom is -0.420 e. The molecule has 258 valence electrons. The summed E-state index contributed by atoms with van der Waals surface area (Å²) in [6, 6.07) is 26.2. The van der Waals surface area contributed by atoms with Crippen molar-refractivity contribution >= 4 is 27.8 Å². The summed E-state index contributed by atoms with van der Waals surface area (Å²) in [7, 11) is -3.86. The number of halogens is 3. The van der Waals surface area contributed by atoms with Crippen LogP contribution in [0.3, 0.4) is 0 Å². The number of benzene rings is 4. The van der Waals surface area contributed by atoms with Crippen LogP contribution in [0.25, 0.3) is 11.1 Å². The number of sulfonamides is 1. The number of esters is 1. The molecule has 14 heteroatoms. The van der Waals surface area contributed by atoms with Crippen LogP contribution < -0.4 is 20.9 Å². The van der Waals surface area contributed by atoms with Crippen molar-refractivity contribution in [3.8, 4) is 16.9 Å². The molecule has 0 atom stereocenters. The van der Waals surface area contributed by atoms with Gasteiger partial charge in [0, 0.05) is 38.2 Å². The fraction of sp³-hybridized carbons (Fsp3) is 0.229. The van der Waals surface area contributed by atoms with E-state index < -0.39 is 22.2 Å². The number of alkyl halides is 3. The van der Waals surface area contributed by atoms with Crippen LogP contribution in [0.15, 0.2) is 102 Å². The third kappa shape index (κ3) is 11.0. The Morgan fingerprint density at radius 1 is 0.796 bits per heavy atom. The van der Waals surface area contributed by atoms with Gasteiger partial charge in [-0.1, -0.05) is 54.6 Å². The van der Waals surface area contributed by atoms with E-state index in [1.165, 1.54) is 36.4 Å². The van der Waals surface area contributed by atoms with Crippen LogP contribution in [0.1, 0.15) is 33.5 Å². The molecule has 0 saturated heterocycles. The van der Waals surface area contributed by atoms with E-state index in [4.69, 9.17) is 10.9 Å². The highest BCUT2D eigenvalue weighted by Crippen LogP contribution is 2.24. The van der Waals surface area contributed by atoms with Crippen molar-refractivity contribution in [2.75, 3.05) is 19.6 Å². The summed E-state index contributed by atoms with van der Waals surface area (Å²) in [5.41, 5.74) is 9.87. The van der Waals surface area contributed by atoms with E-state index in [0.29, 0.717) is 37.2 Å². The molecule has 0 radical (unpaired) electrons. The summed E-state index contributed by atoms with van der Waals surface area (Å²) in [4.78, 5) is 38.8. The quantitative estimate of drug-likeness (QED) is 0.130. The second kappa shape index (κ2) is 16.4. The van der Waals surface area contributed by atoms with E-state index in [9.17, 15) is 36.0 Å². The molecule has 0 saturated carbocycles. The number of aryl methyl sites for hydroxylation is 1. The zero-order valence-electron chi connectivity index (χ0n) is 26.3. The van der Waals surface area contributed by atoms with Crippen molar-refractivity contribution in [2.45, 2.75) is 36.9 Å². The number of amides is 2. The number of ether oxygens (including phenoxy) is 1. The van der Waals surface area contributed by atoms with Crippen LogP contribution in [0.4, 0.5) is 13.2 Å². The number of hydrogen-bond donors (Lipinski definition) is 3. The van der Waals surface area contributed by atoms with Gasteiger partial charge in [0.1, 0.15) is 5.75 Å². The Bertz CT molecular complexity index is 1880. The summed E-state index contributed by atoms with van der Waals surface area (Å²) in [5.74, 6) is -3.03. The van der Waals surface area contributed by atoms with Gasteiger partial charge in [0.15, 0.2) is 0 Å². The Kier molecular flexibility index (Phi) is 12.3. The molecule has 0 fully saturated rings. The fourth-order valence-corrected chi connectivity index (χ4v) is 5.41. The van der Waals surface area contributed by atoms with Crippen LogP contribution in [-0.2, 0) is 39.0 Å². The Balaban J connectivity index is 1.50. The predicted octanol–water partition coefficient (Wildman–Crippen LogP) is 4.36. The molecule has 0 unspecified atom stereocenters. The van der Waals surface area contributed by atoms with Crippen molar-refractivity contribution < 1.29 is 40.7 Å². The number of nitrogens with one attached hydrogen (secondary N) is 1. The molecule has 0 aliphatic carbocycles. The maximum atomic E-state index is 13.6.